The number of rotatable bonds is 4. The summed E-state index contributed by atoms with van der Waals surface area (Å²) in [6, 6.07) is 0. The zero-order valence-corrected chi connectivity index (χ0v) is 8.58. The first-order valence-electron chi connectivity index (χ1n) is 4.85. The molecule has 4 nitrogen and oxygen atoms in total. The summed E-state index contributed by atoms with van der Waals surface area (Å²) in [6.45, 7) is 3.38. The summed E-state index contributed by atoms with van der Waals surface area (Å²) in [7, 11) is 0. The molecule has 0 spiro atoms. The standard InChI is InChI=1S/C10H16O4/c1-7(11)3-4-10(8(2)12)5-6-14-9(10)13/h7,11H,3-6H2,1-2H3. The fourth-order valence-electron chi connectivity index (χ4n) is 1.74. The summed E-state index contributed by atoms with van der Waals surface area (Å²) in [4.78, 5) is 22.8. The van der Waals surface area contributed by atoms with Crippen molar-refractivity contribution in [3.05, 3.63) is 0 Å². The first-order valence-corrected chi connectivity index (χ1v) is 4.85. The second-order valence-electron chi connectivity index (χ2n) is 3.91. The van der Waals surface area contributed by atoms with Crippen molar-refractivity contribution in [3.63, 3.8) is 0 Å². The number of aliphatic hydroxyl groups is 1. The number of carbonyl (C=O) groups excluding carboxylic acids is 2. The molecule has 1 aliphatic rings. The van der Waals surface area contributed by atoms with Crippen molar-refractivity contribution >= 4 is 11.8 Å². The Hall–Kier alpha value is -0.900. The second kappa shape index (κ2) is 4.09. The van der Waals surface area contributed by atoms with Crippen LogP contribution >= 0.6 is 0 Å². The summed E-state index contributed by atoms with van der Waals surface area (Å²) in [5, 5.41) is 9.13. The molecule has 1 N–H and O–H groups in total. The Morgan fingerprint density at radius 3 is 2.71 bits per heavy atom. The van der Waals surface area contributed by atoms with E-state index in [4.69, 9.17) is 9.84 Å². The summed E-state index contributed by atoms with van der Waals surface area (Å²) in [5.74, 6) is -0.577. The van der Waals surface area contributed by atoms with Crippen molar-refractivity contribution in [2.45, 2.75) is 39.2 Å². The minimum Gasteiger partial charge on any atom is -0.465 e. The molecule has 80 valence electrons. The quantitative estimate of drug-likeness (QED) is 0.535. The van der Waals surface area contributed by atoms with Gasteiger partial charge in [0.05, 0.1) is 12.7 Å². The van der Waals surface area contributed by atoms with Gasteiger partial charge in [-0.1, -0.05) is 0 Å². The number of hydrogen-bond donors (Lipinski definition) is 1. The van der Waals surface area contributed by atoms with Gasteiger partial charge >= 0.3 is 5.97 Å². The lowest BCUT2D eigenvalue weighted by atomic mass is 9.78. The number of cyclic esters (lactones) is 1. The van der Waals surface area contributed by atoms with Crippen molar-refractivity contribution in [1.82, 2.24) is 0 Å². The molecule has 4 heteroatoms. The molecule has 1 heterocycles. The van der Waals surface area contributed by atoms with Crippen LogP contribution in [0.1, 0.15) is 33.1 Å². The Morgan fingerprint density at radius 2 is 2.36 bits per heavy atom. The molecule has 0 radical (unpaired) electrons. The van der Waals surface area contributed by atoms with Gasteiger partial charge in [-0.3, -0.25) is 9.59 Å². The maximum Gasteiger partial charge on any atom is 0.319 e. The maximum atomic E-state index is 11.4. The van der Waals surface area contributed by atoms with Gasteiger partial charge in [-0.25, -0.2) is 0 Å². The van der Waals surface area contributed by atoms with Crippen LogP contribution in [0.25, 0.3) is 0 Å². The van der Waals surface area contributed by atoms with Crippen LogP contribution in [0.4, 0.5) is 0 Å². The predicted octanol–water partition coefficient (Wildman–Crippen LogP) is 0.670. The van der Waals surface area contributed by atoms with E-state index >= 15 is 0 Å². The Bertz CT molecular complexity index is 247. The topological polar surface area (TPSA) is 63.6 Å². The van der Waals surface area contributed by atoms with Crippen LogP contribution in [0, 0.1) is 5.41 Å². The lowest BCUT2D eigenvalue weighted by Gasteiger charge is -2.21. The number of aliphatic hydroxyl groups excluding tert-OH is 1. The zero-order valence-electron chi connectivity index (χ0n) is 8.58. The molecular formula is C10H16O4. The van der Waals surface area contributed by atoms with Gasteiger partial charge in [0.2, 0.25) is 0 Å². The van der Waals surface area contributed by atoms with Crippen molar-refractivity contribution < 1.29 is 19.4 Å². The Kier molecular flexibility index (Phi) is 3.26. The van der Waals surface area contributed by atoms with Crippen LogP contribution in [0.3, 0.4) is 0 Å². The van der Waals surface area contributed by atoms with Gasteiger partial charge in [0.1, 0.15) is 11.2 Å². The molecule has 2 atom stereocenters. The number of ketones is 1. The van der Waals surface area contributed by atoms with E-state index in [1.54, 1.807) is 6.92 Å². The molecule has 0 saturated carbocycles. The van der Waals surface area contributed by atoms with Crippen LogP contribution in [0.2, 0.25) is 0 Å². The van der Waals surface area contributed by atoms with Crippen molar-refractivity contribution in [2.75, 3.05) is 6.61 Å². The number of carbonyl (C=O) groups is 2. The Morgan fingerprint density at radius 1 is 1.71 bits per heavy atom. The third-order valence-electron chi connectivity index (χ3n) is 2.82. The molecule has 2 unspecified atom stereocenters. The van der Waals surface area contributed by atoms with Crippen LogP contribution in [0.15, 0.2) is 0 Å². The van der Waals surface area contributed by atoms with Crippen LogP contribution in [-0.2, 0) is 14.3 Å². The van der Waals surface area contributed by atoms with Gasteiger partial charge in [0.15, 0.2) is 0 Å². The summed E-state index contributed by atoms with van der Waals surface area (Å²) >= 11 is 0. The van der Waals surface area contributed by atoms with Crippen molar-refractivity contribution in [1.29, 1.82) is 0 Å². The normalized spacial score (nSPS) is 28.6. The van der Waals surface area contributed by atoms with E-state index in [-0.39, 0.29) is 5.78 Å². The van der Waals surface area contributed by atoms with Gasteiger partial charge in [-0.15, -0.1) is 0 Å². The van der Waals surface area contributed by atoms with E-state index in [2.05, 4.69) is 0 Å². The van der Waals surface area contributed by atoms with E-state index in [1.807, 2.05) is 0 Å². The predicted molar refractivity (Wildman–Crippen MR) is 49.6 cm³/mol. The second-order valence-corrected chi connectivity index (χ2v) is 3.91. The van der Waals surface area contributed by atoms with Gasteiger partial charge in [0.25, 0.3) is 0 Å². The Labute approximate surface area is 83.2 Å². The zero-order chi connectivity index (χ0) is 10.8. The van der Waals surface area contributed by atoms with E-state index in [0.29, 0.717) is 25.9 Å². The molecule has 1 saturated heterocycles. The number of ether oxygens (including phenoxy) is 1. The Balaban J connectivity index is 2.72. The summed E-state index contributed by atoms with van der Waals surface area (Å²) in [6.07, 6.45) is 0.807. The monoisotopic (exact) mass is 200 g/mol. The molecule has 0 aromatic rings. The highest BCUT2D eigenvalue weighted by molar-refractivity contribution is 6.03. The van der Waals surface area contributed by atoms with Gasteiger partial charge in [0, 0.05) is 6.42 Å². The number of esters is 1. The third-order valence-corrected chi connectivity index (χ3v) is 2.82. The highest BCUT2D eigenvalue weighted by atomic mass is 16.5. The fourth-order valence-corrected chi connectivity index (χ4v) is 1.74. The molecule has 1 rings (SSSR count). The van der Waals surface area contributed by atoms with Crippen molar-refractivity contribution in [2.24, 2.45) is 5.41 Å². The molecule has 0 bridgehead atoms. The smallest absolute Gasteiger partial charge is 0.319 e. The van der Waals surface area contributed by atoms with Crippen LogP contribution in [-0.4, -0.2) is 29.6 Å². The van der Waals surface area contributed by atoms with Crippen LogP contribution < -0.4 is 0 Å². The molecule has 0 aliphatic carbocycles. The van der Waals surface area contributed by atoms with E-state index in [0.717, 1.165) is 0 Å². The minimum absolute atomic E-state index is 0.152. The SMILES string of the molecule is CC(=O)C1(CCC(C)O)CCOC1=O. The first-order chi connectivity index (χ1) is 6.49. The minimum atomic E-state index is -0.975. The molecule has 1 aliphatic heterocycles. The van der Waals surface area contributed by atoms with Crippen LogP contribution in [0.5, 0.6) is 0 Å². The van der Waals surface area contributed by atoms with Gasteiger partial charge in [-0.2, -0.15) is 0 Å². The molecule has 0 aromatic carbocycles. The van der Waals surface area contributed by atoms with Gasteiger partial charge in [-0.05, 0) is 26.7 Å². The number of hydrogen-bond acceptors (Lipinski definition) is 4. The highest BCUT2D eigenvalue weighted by Gasteiger charge is 2.48. The third kappa shape index (κ3) is 1.95. The van der Waals surface area contributed by atoms with E-state index < -0.39 is 17.5 Å². The number of Topliss-reactive ketones (excluding diaryl/α,β-unsaturated/α-hetero) is 1. The van der Waals surface area contributed by atoms with E-state index in [9.17, 15) is 9.59 Å². The lowest BCUT2D eigenvalue weighted by molar-refractivity contribution is -0.151. The lowest BCUT2D eigenvalue weighted by Crippen LogP contribution is -2.34. The summed E-state index contributed by atoms with van der Waals surface area (Å²) in [5.41, 5.74) is -0.975. The highest BCUT2D eigenvalue weighted by Crippen LogP contribution is 2.36. The fraction of sp³-hybridized carbons (Fsp3) is 0.800. The molecular weight excluding hydrogens is 184 g/mol. The molecule has 14 heavy (non-hydrogen) atoms. The average molecular weight is 200 g/mol. The largest absolute Gasteiger partial charge is 0.465 e. The molecule has 0 aromatic heterocycles. The molecule has 0 amide bonds. The molecule has 1 fully saturated rings. The van der Waals surface area contributed by atoms with Crippen molar-refractivity contribution in [3.8, 4) is 0 Å². The van der Waals surface area contributed by atoms with Gasteiger partial charge < -0.3 is 9.84 Å². The first kappa shape index (κ1) is 11.2. The maximum absolute atomic E-state index is 11.4. The van der Waals surface area contributed by atoms with E-state index in [1.165, 1.54) is 6.92 Å². The summed E-state index contributed by atoms with van der Waals surface area (Å²) < 4.78 is 4.82. The average Bonchev–Trinajstić information content (AvgIpc) is 2.44.